The van der Waals surface area contributed by atoms with E-state index in [1.165, 1.54) is 17.0 Å². The van der Waals surface area contributed by atoms with E-state index in [0.717, 1.165) is 4.90 Å². The highest BCUT2D eigenvalue weighted by atomic mass is 19.3. The summed E-state index contributed by atoms with van der Waals surface area (Å²) in [5, 5.41) is 0. The molecule has 2 fully saturated rings. The molecule has 134 valence electrons. The van der Waals surface area contributed by atoms with Crippen LogP contribution >= 0.6 is 0 Å². The molecule has 0 radical (unpaired) electrons. The molecule has 1 aromatic rings. The van der Waals surface area contributed by atoms with E-state index in [4.69, 9.17) is 10.5 Å². The SMILES string of the molecule is NC(=O)[C@@H]1CC(F)(F)CN1C(=O)c1cccc(N2CCOCC2=O)c1. The molecule has 7 nitrogen and oxygen atoms in total. The Morgan fingerprint density at radius 2 is 2.08 bits per heavy atom. The van der Waals surface area contributed by atoms with Crippen molar-refractivity contribution in [2.24, 2.45) is 5.73 Å². The van der Waals surface area contributed by atoms with Crippen LogP contribution in [0.2, 0.25) is 0 Å². The Bertz CT molecular complexity index is 725. The Labute approximate surface area is 142 Å². The zero-order valence-corrected chi connectivity index (χ0v) is 13.3. The topological polar surface area (TPSA) is 92.9 Å². The number of hydrogen-bond acceptors (Lipinski definition) is 4. The molecule has 2 heterocycles. The van der Waals surface area contributed by atoms with E-state index < -0.39 is 36.7 Å². The minimum atomic E-state index is -3.16. The van der Waals surface area contributed by atoms with Gasteiger partial charge in [0.1, 0.15) is 12.6 Å². The maximum atomic E-state index is 13.6. The number of ether oxygens (including phenoxy) is 1. The van der Waals surface area contributed by atoms with Crippen molar-refractivity contribution in [1.29, 1.82) is 0 Å². The van der Waals surface area contributed by atoms with Gasteiger partial charge in [0, 0.05) is 24.2 Å². The van der Waals surface area contributed by atoms with E-state index in [2.05, 4.69) is 0 Å². The maximum absolute atomic E-state index is 13.6. The average molecular weight is 353 g/mol. The van der Waals surface area contributed by atoms with Crippen LogP contribution in [0.5, 0.6) is 0 Å². The number of hydrogen-bond donors (Lipinski definition) is 1. The van der Waals surface area contributed by atoms with Crippen molar-refractivity contribution in [3.05, 3.63) is 29.8 Å². The highest BCUT2D eigenvalue weighted by Gasteiger charge is 2.49. The fourth-order valence-electron chi connectivity index (χ4n) is 3.05. The average Bonchev–Trinajstić information content (AvgIpc) is 2.91. The predicted molar refractivity (Wildman–Crippen MR) is 83.2 cm³/mol. The summed E-state index contributed by atoms with van der Waals surface area (Å²) in [5.74, 6) is -5.10. The number of nitrogens with two attached hydrogens (primary N) is 1. The van der Waals surface area contributed by atoms with Gasteiger partial charge in [-0.05, 0) is 18.2 Å². The fraction of sp³-hybridized carbons (Fsp3) is 0.438. The van der Waals surface area contributed by atoms with E-state index in [0.29, 0.717) is 18.8 Å². The lowest BCUT2D eigenvalue weighted by Gasteiger charge is -2.27. The first-order valence-corrected chi connectivity index (χ1v) is 7.75. The molecular formula is C16H17F2N3O4. The first kappa shape index (κ1) is 17.3. The molecule has 2 saturated heterocycles. The molecule has 0 unspecified atom stereocenters. The van der Waals surface area contributed by atoms with Crippen LogP contribution in [-0.4, -0.2) is 60.9 Å². The Hall–Kier alpha value is -2.55. The number of benzene rings is 1. The number of carbonyl (C=O) groups excluding carboxylic acids is 3. The van der Waals surface area contributed by atoms with Gasteiger partial charge in [-0.25, -0.2) is 8.78 Å². The molecule has 25 heavy (non-hydrogen) atoms. The molecule has 1 aromatic carbocycles. The van der Waals surface area contributed by atoms with E-state index in [9.17, 15) is 23.2 Å². The number of likely N-dealkylation sites (tertiary alicyclic amines) is 1. The summed E-state index contributed by atoms with van der Waals surface area (Å²) in [5.41, 5.74) is 5.74. The van der Waals surface area contributed by atoms with Gasteiger partial charge in [0.25, 0.3) is 17.7 Å². The molecule has 2 N–H and O–H groups in total. The number of amides is 3. The zero-order chi connectivity index (χ0) is 18.2. The van der Waals surface area contributed by atoms with Crippen LogP contribution in [0.4, 0.5) is 14.5 Å². The fourth-order valence-corrected chi connectivity index (χ4v) is 3.05. The van der Waals surface area contributed by atoms with Crippen molar-refractivity contribution in [1.82, 2.24) is 4.90 Å². The van der Waals surface area contributed by atoms with Gasteiger partial charge in [0.2, 0.25) is 5.91 Å². The summed E-state index contributed by atoms with van der Waals surface area (Å²) in [7, 11) is 0. The number of anilines is 1. The molecule has 0 spiro atoms. The van der Waals surface area contributed by atoms with Crippen molar-refractivity contribution in [2.45, 2.75) is 18.4 Å². The summed E-state index contributed by atoms with van der Waals surface area (Å²) >= 11 is 0. The lowest BCUT2D eigenvalue weighted by molar-refractivity contribution is -0.125. The number of carbonyl (C=O) groups is 3. The van der Waals surface area contributed by atoms with Crippen LogP contribution in [0, 0.1) is 0 Å². The van der Waals surface area contributed by atoms with E-state index in [-0.39, 0.29) is 18.1 Å². The Kier molecular flexibility index (Phi) is 4.42. The minimum Gasteiger partial charge on any atom is -0.370 e. The second-order valence-corrected chi connectivity index (χ2v) is 6.06. The Balaban J connectivity index is 1.86. The molecule has 2 aliphatic rings. The van der Waals surface area contributed by atoms with Crippen LogP contribution in [-0.2, 0) is 14.3 Å². The zero-order valence-electron chi connectivity index (χ0n) is 13.3. The summed E-state index contributed by atoms with van der Waals surface area (Å²) in [6.45, 7) is -0.214. The van der Waals surface area contributed by atoms with E-state index >= 15 is 0 Å². The Morgan fingerprint density at radius 1 is 1.32 bits per heavy atom. The molecule has 3 rings (SSSR count). The molecule has 3 amide bonds. The van der Waals surface area contributed by atoms with Gasteiger partial charge >= 0.3 is 0 Å². The van der Waals surface area contributed by atoms with Crippen molar-refractivity contribution < 1.29 is 27.9 Å². The molecule has 1 atom stereocenters. The standard InChI is InChI=1S/C16H17F2N3O4/c17-16(18)7-12(14(19)23)21(9-16)15(24)10-2-1-3-11(6-10)20-4-5-25-8-13(20)22/h1-3,6,12H,4-5,7-9H2,(H2,19,23)/t12-/m0/s1. The smallest absolute Gasteiger partial charge is 0.267 e. The number of halogens is 2. The summed E-state index contributed by atoms with van der Waals surface area (Å²) in [4.78, 5) is 38.2. The third-order valence-electron chi connectivity index (χ3n) is 4.25. The summed E-state index contributed by atoms with van der Waals surface area (Å²) < 4.78 is 32.3. The molecule has 0 saturated carbocycles. The molecule has 0 aliphatic carbocycles. The van der Waals surface area contributed by atoms with Crippen LogP contribution in [0.3, 0.4) is 0 Å². The first-order valence-electron chi connectivity index (χ1n) is 7.75. The molecule has 9 heteroatoms. The van der Waals surface area contributed by atoms with E-state index in [1.54, 1.807) is 12.1 Å². The van der Waals surface area contributed by atoms with Crippen molar-refractivity contribution in [2.75, 3.05) is 31.2 Å². The quantitative estimate of drug-likeness (QED) is 0.850. The van der Waals surface area contributed by atoms with Crippen molar-refractivity contribution in [3.63, 3.8) is 0 Å². The van der Waals surface area contributed by atoms with Crippen LogP contribution in [0.1, 0.15) is 16.8 Å². The maximum Gasteiger partial charge on any atom is 0.267 e. The third kappa shape index (κ3) is 3.46. The van der Waals surface area contributed by atoms with Gasteiger partial charge in [0.05, 0.1) is 13.2 Å². The molecule has 0 aromatic heterocycles. The normalized spacial score (nSPS) is 23.0. The number of primary amides is 1. The lowest BCUT2D eigenvalue weighted by Crippen LogP contribution is -2.44. The van der Waals surface area contributed by atoms with Crippen LogP contribution in [0.25, 0.3) is 0 Å². The second-order valence-electron chi connectivity index (χ2n) is 6.06. The van der Waals surface area contributed by atoms with E-state index in [1.807, 2.05) is 0 Å². The van der Waals surface area contributed by atoms with Crippen molar-refractivity contribution in [3.8, 4) is 0 Å². The van der Waals surface area contributed by atoms with Crippen LogP contribution < -0.4 is 10.6 Å². The summed E-state index contributed by atoms with van der Waals surface area (Å²) in [6, 6.07) is 4.74. The third-order valence-corrected chi connectivity index (χ3v) is 4.25. The highest BCUT2D eigenvalue weighted by Crippen LogP contribution is 2.33. The number of rotatable bonds is 3. The van der Waals surface area contributed by atoms with Gasteiger partial charge in [-0.1, -0.05) is 6.07 Å². The van der Waals surface area contributed by atoms with Crippen LogP contribution in [0.15, 0.2) is 24.3 Å². The Morgan fingerprint density at radius 3 is 2.76 bits per heavy atom. The largest absolute Gasteiger partial charge is 0.370 e. The number of nitrogens with zero attached hydrogens (tertiary/aromatic N) is 2. The second kappa shape index (κ2) is 6.40. The summed E-state index contributed by atoms with van der Waals surface area (Å²) in [6.07, 6.45) is -0.782. The molecule has 2 aliphatic heterocycles. The monoisotopic (exact) mass is 353 g/mol. The van der Waals surface area contributed by atoms with Gasteiger partial charge in [-0.3, -0.25) is 14.4 Å². The van der Waals surface area contributed by atoms with Crippen molar-refractivity contribution >= 4 is 23.4 Å². The molecular weight excluding hydrogens is 336 g/mol. The lowest BCUT2D eigenvalue weighted by atomic mass is 10.1. The highest BCUT2D eigenvalue weighted by molar-refractivity contribution is 6.00. The predicted octanol–water partition coefficient (Wildman–Crippen LogP) is 0.385. The van der Waals surface area contributed by atoms with Gasteiger partial charge in [-0.15, -0.1) is 0 Å². The number of alkyl halides is 2. The minimum absolute atomic E-state index is 0.0553. The molecule has 0 bridgehead atoms. The number of morpholine rings is 1. The first-order chi connectivity index (χ1) is 11.8. The van der Waals surface area contributed by atoms with Gasteiger partial charge in [-0.2, -0.15) is 0 Å². The van der Waals surface area contributed by atoms with Gasteiger partial charge < -0.3 is 20.3 Å². The van der Waals surface area contributed by atoms with Gasteiger partial charge in [0.15, 0.2) is 0 Å².